The molecule has 1 aliphatic carbocycles. The van der Waals surface area contributed by atoms with E-state index in [1.807, 2.05) is 48.5 Å². The second-order valence-electron chi connectivity index (χ2n) is 7.16. The zero-order valence-electron chi connectivity index (χ0n) is 16.5. The van der Waals surface area contributed by atoms with Gasteiger partial charge in [-0.1, -0.05) is 24.3 Å². The maximum atomic E-state index is 12.5. The molecule has 1 fully saturated rings. The van der Waals surface area contributed by atoms with Crippen molar-refractivity contribution in [3.05, 3.63) is 48.5 Å². The van der Waals surface area contributed by atoms with Crippen molar-refractivity contribution in [3.8, 4) is 22.6 Å². The van der Waals surface area contributed by atoms with Gasteiger partial charge in [0.1, 0.15) is 11.5 Å². The minimum Gasteiger partial charge on any atom is -0.497 e. The van der Waals surface area contributed by atoms with Gasteiger partial charge in [0.25, 0.3) is 0 Å². The van der Waals surface area contributed by atoms with Crippen molar-refractivity contribution in [2.75, 3.05) is 13.7 Å². The molecule has 2 aromatic carbocycles. The fraction of sp³-hybridized carbons (Fsp3) is 0.364. The third-order valence-corrected chi connectivity index (χ3v) is 5.21. The summed E-state index contributed by atoms with van der Waals surface area (Å²) < 4.78 is 10.8. The van der Waals surface area contributed by atoms with Crippen LogP contribution in [0.15, 0.2) is 53.5 Å². The van der Waals surface area contributed by atoms with E-state index in [1.165, 1.54) is 0 Å². The van der Waals surface area contributed by atoms with Gasteiger partial charge in [0, 0.05) is 6.54 Å². The number of rotatable bonds is 6. The van der Waals surface area contributed by atoms with Crippen LogP contribution in [0.3, 0.4) is 0 Å². The molecule has 0 spiro atoms. The van der Waals surface area contributed by atoms with Crippen molar-refractivity contribution in [2.24, 2.45) is 28.3 Å². The number of nitrogens with zero attached hydrogens (tertiary/aromatic N) is 1. The minimum atomic E-state index is -0.155. The molecule has 1 saturated carbocycles. The highest BCUT2D eigenvalue weighted by Crippen LogP contribution is 2.31. The first kappa shape index (κ1) is 22.6. The smallest absolute Gasteiger partial charge is 0.314 e. The third kappa shape index (κ3) is 6.39. The number of methoxy groups -OCH3 is 1. The van der Waals surface area contributed by atoms with E-state index in [2.05, 4.69) is 4.99 Å². The zero-order chi connectivity index (χ0) is 19.9. The third-order valence-electron chi connectivity index (χ3n) is 5.21. The summed E-state index contributed by atoms with van der Waals surface area (Å²) in [5.41, 5.74) is 12.9. The molecule has 156 valence electrons. The van der Waals surface area contributed by atoms with E-state index in [0.29, 0.717) is 18.2 Å². The predicted octanol–water partition coefficient (Wildman–Crippen LogP) is 3.77. The lowest BCUT2D eigenvalue weighted by Crippen LogP contribution is -2.28. The van der Waals surface area contributed by atoms with Crippen LogP contribution < -0.4 is 20.9 Å². The fourth-order valence-electron chi connectivity index (χ4n) is 3.51. The number of hydrogen-bond donors (Lipinski definition) is 2. The Balaban J connectivity index is 0.00000300. The van der Waals surface area contributed by atoms with Gasteiger partial charge < -0.3 is 20.9 Å². The van der Waals surface area contributed by atoms with Gasteiger partial charge in [-0.15, -0.1) is 12.4 Å². The van der Waals surface area contributed by atoms with Crippen LogP contribution in [0.1, 0.15) is 25.7 Å². The van der Waals surface area contributed by atoms with Crippen molar-refractivity contribution in [3.63, 3.8) is 0 Å². The van der Waals surface area contributed by atoms with Crippen LogP contribution >= 0.6 is 12.4 Å². The van der Waals surface area contributed by atoms with Crippen LogP contribution in [-0.2, 0) is 4.79 Å². The maximum absolute atomic E-state index is 12.5. The summed E-state index contributed by atoms with van der Waals surface area (Å²) in [7, 11) is 1.65. The number of nitrogens with two attached hydrogens (primary N) is 2. The van der Waals surface area contributed by atoms with Crippen LogP contribution in [0.5, 0.6) is 11.5 Å². The van der Waals surface area contributed by atoms with Crippen molar-refractivity contribution < 1.29 is 14.3 Å². The molecule has 0 aromatic heterocycles. The number of halogens is 1. The lowest BCUT2D eigenvalue weighted by Gasteiger charge is -2.26. The molecular weight excluding hydrogens is 390 g/mol. The van der Waals surface area contributed by atoms with E-state index in [9.17, 15) is 4.79 Å². The number of guanidine groups is 1. The molecule has 0 bridgehead atoms. The summed E-state index contributed by atoms with van der Waals surface area (Å²) >= 11 is 0. The number of carbonyl (C=O) groups is 1. The van der Waals surface area contributed by atoms with Crippen LogP contribution in [0, 0.1) is 11.8 Å². The molecule has 0 radical (unpaired) electrons. The fourth-order valence-corrected chi connectivity index (χ4v) is 3.51. The topological polar surface area (TPSA) is 99.9 Å². The lowest BCUT2D eigenvalue weighted by molar-refractivity contribution is -0.140. The highest BCUT2D eigenvalue weighted by molar-refractivity contribution is 5.85. The zero-order valence-corrected chi connectivity index (χ0v) is 17.4. The number of aliphatic imine (C=N–C) groups is 1. The summed E-state index contributed by atoms with van der Waals surface area (Å²) in [6, 6.07) is 15.4. The Kier molecular flexibility index (Phi) is 8.34. The first-order valence-corrected chi connectivity index (χ1v) is 9.56. The normalized spacial score (nSPS) is 18.2. The van der Waals surface area contributed by atoms with E-state index in [4.69, 9.17) is 20.9 Å². The van der Waals surface area contributed by atoms with Gasteiger partial charge >= 0.3 is 5.97 Å². The van der Waals surface area contributed by atoms with E-state index in [0.717, 1.165) is 42.6 Å². The summed E-state index contributed by atoms with van der Waals surface area (Å²) in [4.78, 5) is 16.5. The summed E-state index contributed by atoms with van der Waals surface area (Å²) in [6.45, 7) is 0.636. The van der Waals surface area contributed by atoms with Gasteiger partial charge in [-0.25, -0.2) is 0 Å². The number of esters is 1. The standard InChI is InChI=1S/C22H27N3O3.ClH/c1-27-19-10-6-16(7-11-19)17-8-12-20(13-9-17)28-21(26)18-4-2-15(3-5-18)14-25-22(23)24;/h6-13,15,18H,2-5,14H2,1H3,(H4,23,24,25);1H. The van der Waals surface area contributed by atoms with Crippen molar-refractivity contribution in [2.45, 2.75) is 25.7 Å². The van der Waals surface area contributed by atoms with Crippen molar-refractivity contribution in [1.29, 1.82) is 0 Å². The molecule has 0 amide bonds. The molecule has 0 aliphatic heterocycles. The molecular formula is C22H28ClN3O3. The number of hydrogen-bond acceptors (Lipinski definition) is 4. The highest BCUT2D eigenvalue weighted by Gasteiger charge is 2.27. The molecule has 3 rings (SSSR count). The Hall–Kier alpha value is -2.73. The van der Waals surface area contributed by atoms with Gasteiger partial charge in [-0.3, -0.25) is 9.79 Å². The van der Waals surface area contributed by atoms with E-state index in [-0.39, 0.29) is 30.3 Å². The van der Waals surface area contributed by atoms with Gasteiger partial charge in [-0.2, -0.15) is 0 Å². The minimum absolute atomic E-state index is 0. The molecule has 0 atom stereocenters. The second kappa shape index (κ2) is 10.7. The van der Waals surface area contributed by atoms with E-state index in [1.54, 1.807) is 7.11 Å². The Morgan fingerprint density at radius 2 is 1.45 bits per heavy atom. The Morgan fingerprint density at radius 1 is 0.931 bits per heavy atom. The SMILES string of the molecule is COc1ccc(-c2ccc(OC(=O)C3CCC(CN=C(N)N)CC3)cc2)cc1.Cl. The summed E-state index contributed by atoms with van der Waals surface area (Å²) in [5, 5.41) is 0. The first-order valence-electron chi connectivity index (χ1n) is 9.56. The quantitative estimate of drug-likeness (QED) is 0.322. The predicted molar refractivity (Wildman–Crippen MR) is 117 cm³/mol. The van der Waals surface area contributed by atoms with Crippen molar-refractivity contribution in [1.82, 2.24) is 0 Å². The molecule has 0 unspecified atom stereocenters. The molecule has 2 aromatic rings. The van der Waals surface area contributed by atoms with Gasteiger partial charge in [0.15, 0.2) is 5.96 Å². The highest BCUT2D eigenvalue weighted by atomic mass is 35.5. The first-order chi connectivity index (χ1) is 13.5. The summed E-state index contributed by atoms with van der Waals surface area (Å²) in [5.74, 6) is 1.75. The molecule has 29 heavy (non-hydrogen) atoms. The van der Waals surface area contributed by atoms with Gasteiger partial charge in [0.05, 0.1) is 13.0 Å². The van der Waals surface area contributed by atoms with Crippen LogP contribution in [0.2, 0.25) is 0 Å². The number of benzene rings is 2. The number of ether oxygens (including phenoxy) is 2. The van der Waals surface area contributed by atoms with Crippen LogP contribution in [0.25, 0.3) is 11.1 Å². The second-order valence-corrected chi connectivity index (χ2v) is 7.16. The Labute approximate surface area is 177 Å². The monoisotopic (exact) mass is 417 g/mol. The van der Waals surface area contributed by atoms with E-state index < -0.39 is 0 Å². The van der Waals surface area contributed by atoms with Crippen LogP contribution in [0.4, 0.5) is 0 Å². The van der Waals surface area contributed by atoms with Crippen molar-refractivity contribution >= 4 is 24.3 Å². The molecule has 7 heteroatoms. The van der Waals surface area contributed by atoms with Gasteiger partial charge in [-0.05, 0) is 67.0 Å². The molecule has 1 aliphatic rings. The largest absolute Gasteiger partial charge is 0.497 e. The number of carbonyl (C=O) groups excluding carboxylic acids is 1. The Morgan fingerprint density at radius 3 is 1.93 bits per heavy atom. The molecule has 0 saturated heterocycles. The Bertz CT molecular complexity index is 810. The van der Waals surface area contributed by atoms with Gasteiger partial charge in [0.2, 0.25) is 0 Å². The van der Waals surface area contributed by atoms with Crippen LogP contribution in [-0.4, -0.2) is 25.6 Å². The average Bonchev–Trinajstić information content (AvgIpc) is 2.73. The molecule has 6 nitrogen and oxygen atoms in total. The molecule has 0 heterocycles. The lowest BCUT2D eigenvalue weighted by atomic mass is 9.82. The van der Waals surface area contributed by atoms with E-state index >= 15 is 0 Å². The average molecular weight is 418 g/mol. The maximum Gasteiger partial charge on any atom is 0.314 e. The summed E-state index contributed by atoms with van der Waals surface area (Å²) in [6.07, 6.45) is 3.50. The molecule has 4 N–H and O–H groups in total.